The van der Waals surface area contributed by atoms with Crippen molar-refractivity contribution in [2.75, 3.05) is 13.7 Å². The van der Waals surface area contributed by atoms with Gasteiger partial charge in [0.1, 0.15) is 11.5 Å². The van der Waals surface area contributed by atoms with Crippen molar-refractivity contribution in [1.82, 2.24) is 0 Å². The first-order valence-electron chi connectivity index (χ1n) is 3.63. The molecule has 1 aromatic carbocycles. The van der Waals surface area contributed by atoms with Gasteiger partial charge in [-0.05, 0) is 31.2 Å². The highest BCUT2D eigenvalue weighted by Crippen LogP contribution is 2.16. The van der Waals surface area contributed by atoms with Crippen LogP contribution in [-0.2, 0) is 0 Å². The van der Waals surface area contributed by atoms with E-state index >= 15 is 0 Å². The van der Waals surface area contributed by atoms with E-state index in [-0.39, 0.29) is 0 Å². The Hall–Kier alpha value is -1.18. The van der Waals surface area contributed by atoms with Crippen molar-refractivity contribution in [3.05, 3.63) is 24.3 Å². The summed E-state index contributed by atoms with van der Waals surface area (Å²) in [7, 11) is 1.65. The van der Waals surface area contributed by atoms with Crippen LogP contribution in [0.1, 0.15) is 6.92 Å². The second-order valence-electron chi connectivity index (χ2n) is 2.11. The van der Waals surface area contributed by atoms with E-state index in [4.69, 9.17) is 9.47 Å². The molecule has 0 aromatic heterocycles. The highest BCUT2D eigenvalue weighted by Gasteiger charge is 1.91. The fourth-order valence-electron chi connectivity index (χ4n) is 0.839. The van der Waals surface area contributed by atoms with Gasteiger partial charge < -0.3 is 9.47 Å². The first-order valence-corrected chi connectivity index (χ1v) is 3.63. The average Bonchev–Trinajstić information content (AvgIpc) is 2.07. The maximum Gasteiger partial charge on any atom is 0.119 e. The largest absolute Gasteiger partial charge is 0.497 e. The molecule has 0 aliphatic rings. The molecule has 0 aliphatic heterocycles. The van der Waals surface area contributed by atoms with Crippen LogP contribution in [0.15, 0.2) is 24.3 Å². The third-order valence-corrected chi connectivity index (χ3v) is 1.37. The second kappa shape index (κ2) is 3.86. The molecule has 2 heteroatoms. The Morgan fingerprint density at radius 2 is 1.64 bits per heavy atom. The number of hydrogen-bond acceptors (Lipinski definition) is 2. The smallest absolute Gasteiger partial charge is 0.119 e. The quantitative estimate of drug-likeness (QED) is 0.660. The molecule has 0 unspecified atom stereocenters. The molecule has 0 bridgehead atoms. The van der Waals surface area contributed by atoms with Gasteiger partial charge in [-0.1, -0.05) is 0 Å². The first kappa shape index (κ1) is 7.92. The van der Waals surface area contributed by atoms with Gasteiger partial charge in [0, 0.05) is 0 Å². The molecule has 0 saturated carbocycles. The molecule has 0 amide bonds. The van der Waals surface area contributed by atoms with Crippen molar-refractivity contribution < 1.29 is 9.47 Å². The third kappa shape index (κ3) is 2.15. The number of benzene rings is 1. The molecule has 0 saturated heterocycles. The van der Waals surface area contributed by atoms with Crippen molar-refractivity contribution in [3.63, 3.8) is 0 Å². The van der Waals surface area contributed by atoms with E-state index in [0.717, 1.165) is 11.5 Å². The van der Waals surface area contributed by atoms with Gasteiger partial charge in [0.2, 0.25) is 0 Å². The summed E-state index contributed by atoms with van der Waals surface area (Å²) in [4.78, 5) is 0. The average molecular weight is 152 g/mol. The van der Waals surface area contributed by atoms with Crippen LogP contribution in [0, 0.1) is 0 Å². The normalized spacial score (nSPS) is 9.27. The molecule has 0 aliphatic carbocycles. The van der Waals surface area contributed by atoms with E-state index in [1.807, 2.05) is 31.2 Å². The monoisotopic (exact) mass is 152 g/mol. The first-order chi connectivity index (χ1) is 5.36. The molecule has 2 nitrogen and oxygen atoms in total. The van der Waals surface area contributed by atoms with Crippen molar-refractivity contribution >= 4 is 0 Å². The Bertz CT molecular complexity index is 203. The standard InChI is InChI=1S/C9H12O2/c1-3-11-9-6-4-8(10-2)5-7-9/h4-7H,3H2,1-2H3. The van der Waals surface area contributed by atoms with Gasteiger partial charge in [0.25, 0.3) is 0 Å². The Kier molecular flexibility index (Phi) is 2.78. The zero-order valence-corrected chi connectivity index (χ0v) is 6.83. The maximum atomic E-state index is 5.25. The molecule has 0 fully saturated rings. The van der Waals surface area contributed by atoms with Crippen LogP contribution in [0.3, 0.4) is 0 Å². The Labute approximate surface area is 66.8 Å². The van der Waals surface area contributed by atoms with Gasteiger partial charge in [-0.15, -0.1) is 0 Å². The third-order valence-electron chi connectivity index (χ3n) is 1.37. The number of hydrogen-bond donors (Lipinski definition) is 0. The van der Waals surface area contributed by atoms with E-state index < -0.39 is 0 Å². The van der Waals surface area contributed by atoms with Gasteiger partial charge in [0.05, 0.1) is 13.7 Å². The molecule has 0 radical (unpaired) electrons. The van der Waals surface area contributed by atoms with Gasteiger partial charge in [-0.25, -0.2) is 0 Å². The maximum absolute atomic E-state index is 5.25. The minimum absolute atomic E-state index is 0.701. The summed E-state index contributed by atoms with van der Waals surface area (Å²) in [5.41, 5.74) is 0. The molecular formula is C9H12O2. The van der Waals surface area contributed by atoms with Gasteiger partial charge in [-0.2, -0.15) is 0 Å². The molecule has 0 atom stereocenters. The summed E-state index contributed by atoms with van der Waals surface area (Å²) in [5.74, 6) is 1.74. The molecular weight excluding hydrogens is 140 g/mol. The molecule has 0 heterocycles. The zero-order chi connectivity index (χ0) is 8.10. The van der Waals surface area contributed by atoms with E-state index in [2.05, 4.69) is 0 Å². The van der Waals surface area contributed by atoms with E-state index in [1.165, 1.54) is 0 Å². The van der Waals surface area contributed by atoms with Crippen molar-refractivity contribution in [3.8, 4) is 11.5 Å². The minimum Gasteiger partial charge on any atom is -0.497 e. The second-order valence-corrected chi connectivity index (χ2v) is 2.11. The van der Waals surface area contributed by atoms with Crippen molar-refractivity contribution in [2.45, 2.75) is 6.92 Å². The summed E-state index contributed by atoms with van der Waals surface area (Å²) < 4.78 is 10.2. The van der Waals surface area contributed by atoms with E-state index in [9.17, 15) is 0 Å². The van der Waals surface area contributed by atoms with Crippen LogP contribution in [0.2, 0.25) is 0 Å². The summed E-state index contributed by atoms with van der Waals surface area (Å²) in [6.07, 6.45) is 0. The summed E-state index contributed by atoms with van der Waals surface area (Å²) in [6, 6.07) is 7.54. The van der Waals surface area contributed by atoms with Crippen LogP contribution in [0.4, 0.5) is 0 Å². The Morgan fingerprint density at radius 1 is 1.09 bits per heavy atom. The molecule has 60 valence electrons. The number of ether oxygens (including phenoxy) is 2. The molecule has 1 aromatic rings. The molecule has 1 rings (SSSR count). The van der Waals surface area contributed by atoms with Crippen molar-refractivity contribution in [2.24, 2.45) is 0 Å². The fourth-order valence-corrected chi connectivity index (χ4v) is 0.839. The van der Waals surface area contributed by atoms with Gasteiger partial charge >= 0.3 is 0 Å². The van der Waals surface area contributed by atoms with E-state index in [0.29, 0.717) is 6.61 Å². The van der Waals surface area contributed by atoms with Crippen LogP contribution >= 0.6 is 0 Å². The van der Waals surface area contributed by atoms with Gasteiger partial charge in [0.15, 0.2) is 0 Å². The van der Waals surface area contributed by atoms with Crippen LogP contribution in [0.25, 0.3) is 0 Å². The van der Waals surface area contributed by atoms with Crippen LogP contribution in [-0.4, -0.2) is 13.7 Å². The lowest BCUT2D eigenvalue weighted by atomic mass is 10.3. The molecule has 11 heavy (non-hydrogen) atoms. The Balaban J connectivity index is 2.66. The number of methoxy groups -OCH3 is 1. The predicted octanol–water partition coefficient (Wildman–Crippen LogP) is 2.09. The lowest BCUT2D eigenvalue weighted by Gasteiger charge is -2.03. The van der Waals surface area contributed by atoms with E-state index in [1.54, 1.807) is 7.11 Å². The predicted molar refractivity (Wildman–Crippen MR) is 44.2 cm³/mol. The lowest BCUT2D eigenvalue weighted by Crippen LogP contribution is -1.90. The summed E-state index contributed by atoms with van der Waals surface area (Å²) in [5, 5.41) is 0. The lowest BCUT2D eigenvalue weighted by molar-refractivity contribution is 0.339. The fraction of sp³-hybridized carbons (Fsp3) is 0.333. The topological polar surface area (TPSA) is 18.5 Å². The minimum atomic E-state index is 0.701. The molecule has 0 N–H and O–H groups in total. The van der Waals surface area contributed by atoms with Gasteiger partial charge in [-0.3, -0.25) is 0 Å². The molecule has 0 spiro atoms. The van der Waals surface area contributed by atoms with Crippen LogP contribution < -0.4 is 9.47 Å². The van der Waals surface area contributed by atoms with Crippen LogP contribution in [0.5, 0.6) is 11.5 Å². The number of rotatable bonds is 3. The van der Waals surface area contributed by atoms with Crippen molar-refractivity contribution in [1.29, 1.82) is 0 Å². The summed E-state index contributed by atoms with van der Waals surface area (Å²) in [6.45, 7) is 2.66. The summed E-state index contributed by atoms with van der Waals surface area (Å²) >= 11 is 0. The zero-order valence-electron chi connectivity index (χ0n) is 6.83. The SMILES string of the molecule is CCOc1ccc(OC)cc1. The highest BCUT2D eigenvalue weighted by molar-refractivity contribution is 5.30. The highest BCUT2D eigenvalue weighted by atomic mass is 16.5. The Morgan fingerprint density at radius 3 is 2.09 bits per heavy atom.